The lowest BCUT2D eigenvalue weighted by Gasteiger charge is -2.33. The van der Waals surface area contributed by atoms with E-state index in [1.807, 2.05) is 68.4 Å². The fraction of sp³-hybridized carbons (Fsp3) is 0.367. The highest BCUT2D eigenvalue weighted by molar-refractivity contribution is 5.96. The Hall–Kier alpha value is -3.58. The predicted octanol–water partition coefficient (Wildman–Crippen LogP) is 4.75. The third-order valence-electron chi connectivity index (χ3n) is 6.88. The number of carbonyl (C=O) groups is 2. The molecule has 6 nitrogen and oxygen atoms in total. The van der Waals surface area contributed by atoms with Crippen molar-refractivity contribution >= 4 is 11.8 Å². The summed E-state index contributed by atoms with van der Waals surface area (Å²) in [6.45, 7) is 4.98. The summed E-state index contributed by atoms with van der Waals surface area (Å²) in [5, 5.41) is 0. The van der Waals surface area contributed by atoms with Crippen molar-refractivity contribution in [3.05, 3.63) is 101 Å². The molecule has 0 radical (unpaired) electrons. The topological polar surface area (TPSA) is 56.8 Å². The number of nitrogens with zero attached hydrogens (tertiary/aromatic N) is 4. The lowest BCUT2D eigenvalue weighted by atomic mass is 9.89. The van der Waals surface area contributed by atoms with E-state index >= 15 is 0 Å². The Bertz CT molecular complexity index is 1210. The van der Waals surface area contributed by atoms with Crippen molar-refractivity contribution < 1.29 is 14.0 Å². The highest BCUT2D eigenvalue weighted by Crippen LogP contribution is 2.31. The number of likely N-dealkylation sites (tertiary alicyclic amines) is 1. The molecule has 1 aromatic heterocycles. The number of amides is 2. The zero-order valence-corrected chi connectivity index (χ0v) is 21.9. The highest BCUT2D eigenvalue weighted by atomic mass is 19.1. The molecule has 0 bridgehead atoms. The van der Waals surface area contributed by atoms with Crippen LogP contribution >= 0.6 is 0 Å². The molecule has 1 saturated heterocycles. The van der Waals surface area contributed by atoms with Crippen LogP contribution in [0.1, 0.15) is 56.4 Å². The molecule has 1 aliphatic rings. The highest BCUT2D eigenvalue weighted by Gasteiger charge is 2.30. The third kappa shape index (κ3) is 6.80. The normalized spacial score (nSPS) is 14.1. The van der Waals surface area contributed by atoms with Gasteiger partial charge in [0.15, 0.2) is 0 Å². The molecule has 0 saturated carbocycles. The molecule has 1 fully saturated rings. The number of rotatable bonds is 8. The maximum atomic E-state index is 13.9. The molecule has 0 atom stereocenters. The predicted molar refractivity (Wildman–Crippen MR) is 143 cm³/mol. The van der Waals surface area contributed by atoms with Gasteiger partial charge in [-0.1, -0.05) is 30.3 Å². The SMILES string of the molecule is Cc1ccc(C(=O)N(CCN(C)C)Cc2ccccc2)c(C2CCN(C(=O)c3ccc(F)cc3)CC2)n1. The summed E-state index contributed by atoms with van der Waals surface area (Å²) in [6, 6.07) is 19.5. The van der Waals surface area contributed by atoms with Gasteiger partial charge in [0, 0.05) is 49.9 Å². The molecule has 0 aliphatic carbocycles. The van der Waals surface area contributed by atoms with Crippen LogP contribution in [0.15, 0.2) is 66.7 Å². The van der Waals surface area contributed by atoms with Crippen molar-refractivity contribution in [2.75, 3.05) is 40.3 Å². The van der Waals surface area contributed by atoms with E-state index in [1.54, 1.807) is 4.90 Å². The van der Waals surface area contributed by atoms with Crippen molar-refractivity contribution in [1.29, 1.82) is 0 Å². The van der Waals surface area contributed by atoms with E-state index in [1.165, 1.54) is 24.3 Å². The molecule has 2 aromatic carbocycles. The monoisotopic (exact) mass is 502 g/mol. The first kappa shape index (κ1) is 26.5. The summed E-state index contributed by atoms with van der Waals surface area (Å²) in [4.78, 5) is 37.4. The van der Waals surface area contributed by atoms with E-state index in [4.69, 9.17) is 4.98 Å². The molecule has 0 unspecified atom stereocenters. The van der Waals surface area contributed by atoms with Crippen LogP contribution in [0.5, 0.6) is 0 Å². The molecule has 7 heteroatoms. The second-order valence-corrected chi connectivity index (χ2v) is 9.97. The maximum Gasteiger partial charge on any atom is 0.256 e. The number of likely N-dealkylation sites (N-methyl/N-ethyl adjacent to an activating group) is 1. The summed E-state index contributed by atoms with van der Waals surface area (Å²) >= 11 is 0. The first-order valence-electron chi connectivity index (χ1n) is 12.8. The minimum Gasteiger partial charge on any atom is -0.339 e. The number of halogens is 1. The van der Waals surface area contributed by atoms with Crippen molar-refractivity contribution in [1.82, 2.24) is 19.7 Å². The zero-order valence-electron chi connectivity index (χ0n) is 21.9. The standard InChI is InChI=1S/C30H35FN4O2/c1-22-9-14-27(30(37)35(20-19-33(2)3)21-23-7-5-4-6-8-23)28(32-22)24-15-17-34(18-16-24)29(36)25-10-12-26(31)13-11-25/h4-14,24H,15-21H2,1-3H3. The first-order chi connectivity index (χ1) is 17.8. The third-order valence-corrected chi connectivity index (χ3v) is 6.88. The Morgan fingerprint density at radius 1 is 0.946 bits per heavy atom. The number of aryl methyl sites for hydroxylation is 1. The van der Waals surface area contributed by atoms with E-state index in [9.17, 15) is 14.0 Å². The second kappa shape index (κ2) is 12.1. The number of pyridine rings is 1. The van der Waals surface area contributed by atoms with E-state index in [2.05, 4.69) is 4.90 Å². The molecule has 0 N–H and O–H groups in total. The van der Waals surface area contributed by atoms with Gasteiger partial charge in [-0.3, -0.25) is 14.6 Å². The minimum atomic E-state index is -0.357. The number of benzene rings is 2. The van der Waals surface area contributed by atoms with Crippen LogP contribution < -0.4 is 0 Å². The van der Waals surface area contributed by atoms with E-state index < -0.39 is 0 Å². The minimum absolute atomic E-state index is 0.0157. The van der Waals surface area contributed by atoms with Crippen LogP contribution in [0.4, 0.5) is 4.39 Å². The smallest absolute Gasteiger partial charge is 0.256 e. The van der Waals surface area contributed by atoms with Crippen LogP contribution in [-0.2, 0) is 6.54 Å². The number of hydrogen-bond acceptors (Lipinski definition) is 4. The average molecular weight is 503 g/mol. The van der Waals surface area contributed by atoms with Crippen molar-refractivity contribution in [3.63, 3.8) is 0 Å². The van der Waals surface area contributed by atoms with Crippen LogP contribution in [0.2, 0.25) is 0 Å². The zero-order chi connectivity index (χ0) is 26.4. The summed E-state index contributed by atoms with van der Waals surface area (Å²) < 4.78 is 13.3. The van der Waals surface area contributed by atoms with E-state index in [0.717, 1.165) is 36.3 Å². The number of piperidine rings is 1. The van der Waals surface area contributed by atoms with Crippen molar-refractivity contribution in [2.24, 2.45) is 0 Å². The molecule has 1 aliphatic heterocycles. The maximum absolute atomic E-state index is 13.9. The molecular weight excluding hydrogens is 467 g/mol. The quantitative estimate of drug-likeness (QED) is 0.446. The molecule has 0 spiro atoms. The van der Waals surface area contributed by atoms with Gasteiger partial charge in [0.05, 0.1) is 11.3 Å². The second-order valence-electron chi connectivity index (χ2n) is 9.97. The lowest BCUT2D eigenvalue weighted by molar-refractivity contribution is 0.0698. The molecule has 37 heavy (non-hydrogen) atoms. The molecule has 2 heterocycles. The van der Waals surface area contributed by atoms with Gasteiger partial charge in [-0.05, 0) is 75.8 Å². The van der Waals surface area contributed by atoms with Gasteiger partial charge in [-0.15, -0.1) is 0 Å². The number of hydrogen-bond donors (Lipinski definition) is 0. The lowest BCUT2D eigenvalue weighted by Crippen LogP contribution is -2.39. The Labute approximate surface area is 218 Å². The van der Waals surface area contributed by atoms with Crippen LogP contribution in [-0.4, -0.2) is 71.8 Å². The van der Waals surface area contributed by atoms with Gasteiger partial charge in [-0.2, -0.15) is 0 Å². The van der Waals surface area contributed by atoms with Gasteiger partial charge in [0.2, 0.25) is 0 Å². The van der Waals surface area contributed by atoms with Crippen LogP contribution in [0, 0.1) is 12.7 Å². The number of carbonyl (C=O) groups excluding carboxylic acids is 2. The number of aromatic nitrogens is 1. The van der Waals surface area contributed by atoms with Crippen LogP contribution in [0.3, 0.4) is 0 Å². The molecular formula is C30H35FN4O2. The Kier molecular flexibility index (Phi) is 8.66. The fourth-order valence-electron chi connectivity index (χ4n) is 4.75. The summed E-state index contributed by atoms with van der Waals surface area (Å²) in [6.07, 6.45) is 1.44. The van der Waals surface area contributed by atoms with Gasteiger partial charge in [-0.25, -0.2) is 4.39 Å². The van der Waals surface area contributed by atoms with Crippen molar-refractivity contribution in [3.8, 4) is 0 Å². The van der Waals surface area contributed by atoms with Gasteiger partial charge < -0.3 is 14.7 Å². The molecule has 3 aromatic rings. The largest absolute Gasteiger partial charge is 0.339 e. The Morgan fingerprint density at radius 3 is 2.27 bits per heavy atom. The Morgan fingerprint density at radius 2 is 1.62 bits per heavy atom. The van der Waals surface area contributed by atoms with E-state index in [-0.39, 0.29) is 23.5 Å². The van der Waals surface area contributed by atoms with Gasteiger partial charge >= 0.3 is 0 Å². The first-order valence-corrected chi connectivity index (χ1v) is 12.8. The summed E-state index contributed by atoms with van der Waals surface area (Å²) in [5.74, 6) is -0.379. The Balaban J connectivity index is 1.52. The summed E-state index contributed by atoms with van der Waals surface area (Å²) in [7, 11) is 4.01. The van der Waals surface area contributed by atoms with Gasteiger partial charge in [0.1, 0.15) is 5.82 Å². The van der Waals surface area contributed by atoms with Crippen LogP contribution in [0.25, 0.3) is 0 Å². The molecule has 2 amide bonds. The average Bonchev–Trinajstić information content (AvgIpc) is 2.91. The van der Waals surface area contributed by atoms with Gasteiger partial charge in [0.25, 0.3) is 11.8 Å². The molecule has 4 rings (SSSR count). The van der Waals surface area contributed by atoms with Crippen molar-refractivity contribution in [2.45, 2.75) is 32.2 Å². The van der Waals surface area contributed by atoms with E-state index in [0.29, 0.717) is 37.3 Å². The fourth-order valence-corrected chi connectivity index (χ4v) is 4.75. The summed E-state index contributed by atoms with van der Waals surface area (Å²) in [5.41, 5.74) is 3.91. The molecule has 194 valence electrons.